The zero-order chi connectivity index (χ0) is 43.4. The van der Waals surface area contributed by atoms with Gasteiger partial charge in [0.25, 0.3) is 0 Å². The number of sulfone groups is 2. The molecule has 2 aromatic heterocycles. The fraction of sp³-hybridized carbons (Fsp3) is 0.273. The number of carbonyl (C=O) groups is 2. The van der Waals surface area contributed by atoms with Gasteiger partial charge in [0.05, 0.1) is 46.2 Å². The average Bonchev–Trinajstić information content (AvgIpc) is 3.99. The zero-order valence-electron chi connectivity index (χ0n) is 34.0. The van der Waals surface area contributed by atoms with Gasteiger partial charge in [-0.3, -0.25) is 4.90 Å². The Hall–Kier alpha value is -6.30. The summed E-state index contributed by atoms with van der Waals surface area (Å²) in [5.41, 5.74) is 0.255. The number of hydrogen-bond acceptors (Lipinski definition) is 11. The Morgan fingerprint density at radius 2 is 0.984 bits per heavy atom. The number of alkyl carbamates (subject to hydrolysis) is 2. The molecule has 0 radical (unpaired) electrons. The average molecular weight is 868 g/mol. The van der Waals surface area contributed by atoms with Gasteiger partial charge in [0.1, 0.15) is 0 Å². The van der Waals surface area contributed by atoms with Crippen molar-refractivity contribution in [3.63, 3.8) is 0 Å². The third-order valence-corrected chi connectivity index (χ3v) is 13.6. The van der Waals surface area contributed by atoms with Crippen molar-refractivity contribution in [3.8, 4) is 0 Å². The van der Waals surface area contributed by atoms with Gasteiger partial charge in [0.15, 0.2) is 0 Å². The molecule has 4 N–H and O–H groups in total. The molecule has 0 spiro atoms. The minimum absolute atomic E-state index is 0.0254. The van der Waals surface area contributed by atoms with Crippen molar-refractivity contribution in [3.05, 3.63) is 168 Å². The highest BCUT2D eigenvalue weighted by atomic mass is 32.2. The van der Waals surface area contributed by atoms with E-state index in [1.165, 1.54) is 49.3 Å². The van der Waals surface area contributed by atoms with Crippen molar-refractivity contribution in [2.24, 2.45) is 0 Å². The Bertz CT molecular complexity index is 2350. The van der Waals surface area contributed by atoms with Crippen LogP contribution in [-0.4, -0.2) is 85.6 Å². The number of rotatable bonds is 19. The van der Waals surface area contributed by atoms with Gasteiger partial charge in [0, 0.05) is 25.2 Å². The zero-order valence-corrected chi connectivity index (χ0v) is 35.6. The Morgan fingerprint density at radius 1 is 0.607 bits per heavy atom. The minimum atomic E-state index is -4.23. The van der Waals surface area contributed by atoms with E-state index in [0.29, 0.717) is 19.4 Å². The van der Waals surface area contributed by atoms with E-state index in [1.807, 2.05) is 86.3 Å². The molecule has 17 heteroatoms. The topological polar surface area (TPSA) is 206 Å². The van der Waals surface area contributed by atoms with Gasteiger partial charge < -0.3 is 30.1 Å². The maximum atomic E-state index is 13.9. The van der Waals surface area contributed by atoms with Crippen LogP contribution in [0, 0.1) is 13.8 Å². The van der Waals surface area contributed by atoms with Crippen molar-refractivity contribution < 1.29 is 35.9 Å². The maximum absolute atomic E-state index is 13.9. The molecule has 0 saturated carbocycles. The summed E-state index contributed by atoms with van der Waals surface area (Å²) in [6.45, 7) is 6.58. The quantitative estimate of drug-likeness (QED) is 0.0702. The Morgan fingerprint density at radius 3 is 1.31 bits per heavy atom. The number of H-pyrrole nitrogens is 2. The number of aromatic amines is 2. The summed E-state index contributed by atoms with van der Waals surface area (Å²) in [4.78, 5) is 43.0. The van der Waals surface area contributed by atoms with Crippen molar-refractivity contribution in [1.82, 2.24) is 35.5 Å². The van der Waals surface area contributed by atoms with Crippen molar-refractivity contribution in [2.75, 3.05) is 19.6 Å². The van der Waals surface area contributed by atoms with E-state index in [2.05, 4.69) is 30.6 Å². The summed E-state index contributed by atoms with van der Waals surface area (Å²) in [6.07, 6.45) is 3.99. The highest BCUT2D eigenvalue weighted by Crippen LogP contribution is 2.31. The monoisotopic (exact) mass is 867 g/mol. The van der Waals surface area contributed by atoms with Gasteiger partial charge in [-0.1, -0.05) is 103 Å². The first-order valence-electron chi connectivity index (χ1n) is 19.6. The molecule has 0 aliphatic heterocycles. The number of amides is 2. The second-order valence-electron chi connectivity index (χ2n) is 14.6. The molecule has 4 aromatic carbocycles. The summed E-state index contributed by atoms with van der Waals surface area (Å²) in [7, 11) is -8.45. The van der Waals surface area contributed by atoms with Crippen LogP contribution in [0.3, 0.4) is 0 Å². The lowest BCUT2D eigenvalue weighted by Gasteiger charge is -2.31. The number of nitrogens with one attached hydrogen (secondary N) is 4. The SMILES string of the molecule is CCN(C[C@H](Cc1ccccc1)NC(=O)OC(c1cnc[nH]1)S(=O)(=O)c1ccc(C)cc1)C[C@H](Cc1ccccc1)NC(=O)OC(c1cnc[nH]1)S(=O)(=O)c1ccc(C)cc1. The first kappa shape index (κ1) is 44.3. The lowest BCUT2D eigenvalue weighted by atomic mass is 10.0. The normalized spacial score (nSPS) is 13.8. The molecule has 4 atom stereocenters. The summed E-state index contributed by atoms with van der Waals surface area (Å²) in [6, 6.07) is 30.2. The van der Waals surface area contributed by atoms with Crippen LogP contribution in [0.15, 0.2) is 144 Å². The van der Waals surface area contributed by atoms with Gasteiger partial charge in [-0.15, -0.1) is 0 Å². The van der Waals surface area contributed by atoms with Crippen LogP contribution in [0.1, 0.15) is 51.4 Å². The summed E-state index contributed by atoms with van der Waals surface area (Å²) >= 11 is 0. The molecular formula is C44H49N7O8S2. The van der Waals surface area contributed by atoms with Crippen LogP contribution >= 0.6 is 0 Å². The second-order valence-corrected chi connectivity index (χ2v) is 18.6. The molecule has 2 amide bonds. The highest BCUT2D eigenvalue weighted by Gasteiger charge is 2.36. The van der Waals surface area contributed by atoms with Crippen molar-refractivity contribution >= 4 is 31.9 Å². The van der Waals surface area contributed by atoms with Crippen molar-refractivity contribution in [2.45, 2.75) is 66.4 Å². The molecule has 15 nitrogen and oxygen atoms in total. The number of benzene rings is 4. The molecule has 0 saturated heterocycles. The predicted octanol–water partition coefficient (Wildman–Crippen LogP) is 6.39. The van der Waals surface area contributed by atoms with Crippen LogP contribution in [0.4, 0.5) is 9.59 Å². The van der Waals surface area contributed by atoms with Crippen molar-refractivity contribution in [1.29, 1.82) is 0 Å². The number of likely N-dealkylation sites (N-methyl/N-ethyl adjacent to an activating group) is 1. The first-order valence-corrected chi connectivity index (χ1v) is 22.7. The van der Waals surface area contributed by atoms with Gasteiger partial charge in [-0.2, -0.15) is 0 Å². The predicted molar refractivity (Wildman–Crippen MR) is 229 cm³/mol. The number of ether oxygens (including phenoxy) is 2. The summed E-state index contributed by atoms with van der Waals surface area (Å²) in [5.74, 6) is 0. The van der Waals surface area contributed by atoms with Gasteiger partial charge in [-0.25, -0.2) is 36.4 Å². The fourth-order valence-corrected chi connectivity index (χ4v) is 9.63. The van der Waals surface area contributed by atoms with Gasteiger partial charge in [-0.05, 0) is 68.6 Å². The molecule has 0 aliphatic carbocycles. The number of aryl methyl sites for hydroxylation is 2. The Balaban J connectivity index is 1.22. The second kappa shape index (κ2) is 20.3. The van der Waals surface area contributed by atoms with Crippen LogP contribution in [0.2, 0.25) is 0 Å². The van der Waals surface area contributed by atoms with Crippen LogP contribution in [0.25, 0.3) is 0 Å². The number of aromatic nitrogens is 4. The van der Waals surface area contributed by atoms with E-state index in [0.717, 1.165) is 22.3 Å². The van der Waals surface area contributed by atoms with E-state index in [-0.39, 0.29) is 34.3 Å². The number of imidazole rings is 2. The molecule has 320 valence electrons. The van der Waals surface area contributed by atoms with Crippen LogP contribution < -0.4 is 10.6 Å². The molecule has 61 heavy (non-hydrogen) atoms. The van der Waals surface area contributed by atoms with E-state index in [1.54, 1.807) is 24.3 Å². The fourth-order valence-electron chi connectivity index (χ4n) is 6.75. The van der Waals surface area contributed by atoms with Gasteiger partial charge in [0.2, 0.25) is 30.5 Å². The third-order valence-electron chi connectivity index (χ3n) is 9.94. The maximum Gasteiger partial charge on any atom is 0.409 e. The molecule has 0 bridgehead atoms. The summed E-state index contributed by atoms with van der Waals surface area (Å²) < 4.78 is 66.9. The van der Waals surface area contributed by atoms with E-state index in [9.17, 15) is 26.4 Å². The highest BCUT2D eigenvalue weighted by molar-refractivity contribution is 7.91. The molecule has 2 heterocycles. The number of carbonyl (C=O) groups excluding carboxylic acids is 2. The molecule has 2 unspecified atom stereocenters. The van der Waals surface area contributed by atoms with Gasteiger partial charge >= 0.3 is 12.2 Å². The largest absolute Gasteiger partial charge is 0.423 e. The molecule has 0 fully saturated rings. The van der Waals surface area contributed by atoms with Crippen LogP contribution in [0.5, 0.6) is 0 Å². The lowest BCUT2D eigenvalue weighted by molar-refractivity contribution is 0.118. The van der Waals surface area contributed by atoms with Crippen LogP contribution in [-0.2, 0) is 42.0 Å². The lowest BCUT2D eigenvalue weighted by Crippen LogP contribution is -2.50. The molecule has 6 rings (SSSR count). The Kier molecular flexibility index (Phi) is 14.7. The Labute approximate surface area is 355 Å². The van der Waals surface area contributed by atoms with E-state index < -0.39 is 54.8 Å². The van der Waals surface area contributed by atoms with E-state index >= 15 is 0 Å². The third kappa shape index (κ3) is 11.9. The molecular weight excluding hydrogens is 819 g/mol. The van der Waals surface area contributed by atoms with E-state index in [4.69, 9.17) is 9.47 Å². The molecule has 6 aromatic rings. The number of nitrogens with zero attached hydrogens (tertiary/aromatic N) is 3. The minimum Gasteiger partial charge on any atom is -0.423 e. The number of hydrogen-bond donors (Lipinski definition) is 4. The first-order chi connectivity index (χ1) is 29.3. The molecule has 0 aliphatic rings. The summed E-state index contributed by atoms with van der Waals surface area (Å²) in [5, 5.41) is 5.81. The smallest absolute Gasteiger partial charge is 0.409 e. The standard InChI is InChI=1S/C44H49N7O8S2/c1-4-51(27-35(23-33-11-7-5-8-12-33)49-43(52)58-41(39-25-45-29-47-39)60(54,55)37-19-15-31(2)16-20-37)28-36(24-34-13-9-6-10-14-34)50-44(53)59-42(40-26-46-30-48-40)61(56,57)38-21-17-32(3)18-22-38/h5-22,25-26,29-30,35-36,41-42H,4,23-24,27-28H2,1-3H3,(H,45,47)(H,46,48)(H,49,52)(H,50,53)/t35-,36-,41?,42?/m0/s1.